The molecule has 32 valence electrons. The Morgan fingerprint density at radius 3 is 0.571 bits per heavy atom. The Kier molecular flexibility index (Phi) is 1170. The summed E-state index contributed by atoms with van der Waals surface area (Å²) in [6.45, 7) is 0. The summed E-state index contributed by atoms with van der Waals surface area (Å²) in [6.07, 6.45) is 0. The maximum Gasteiger partial charge on any atom is 3.00 e. The van der Waals surface area contributed by atoms with Gasteiger partial charge in [0.05, 0.1) is 0 Å². The van der Waals surface area contributed by atoms with Crippen molar-refractivity contribution in [3.05, 3.63) is 0 Å². The second-order valence-electron chi connectivity index (χ2n) is 0. The van der Waals surface area contributed by atoms with Gasteiger partial charge in [-0.25, -0.2) is 0 Å². The number of hydrogen-bond acceptors (Lipinski definition) is 0. The quantitative estimate of drug-likeness (QED) is 0.485. The van der Waals surface area contributed by atoms with Crippen molar-refractivity contribution < 1.29 is 77.0 Å². The van der Waals surface area contributed by atoms with Gasteiger partial charge in [0, 0.05) is 0 Å². The molecule has 0 N–H and O–H groups in total. The summed E-state index contributed by atoms with van der Waals surface area (Å²) in [5.74, 6) is 0. The Morgan fingerprint density at radius 2 is 0.571 bits per heavy atom. The first kappa shape index (κ1) is 108. The van der Waals surface area contributed by atoms with E-state index in [1.807, 2.05) is 0 Å². The SMILES string of the molecule is [In+3].[La+3].[O-2].[O-2].[O-2].[O-2].[Zn+2]. The zero-order valence-electron chi connectivity index (χ0n) is 3.49. The molecule has 0 amide bonds. The third-order valence-electron chi connectivity index (χ3n) is 0. The van der Waals surface area contributed by atoms with Gasteiger partial charge in [0.1, 0.15) is 0 Å². The molecule has 0 saturated heterocycles. The summed E-state index contributed by atoms with van der Waals surface area (Å²) in [5, 5.41) is 0. The first-order chi connectivity index (χ1) is 0. The fraction of sp³-hybridized carbons (Fsp3) is 0. The predicted octanol–water partition coefficient (Wildman–Crippen LogP) is -0.859. The van der Waals surface area contributed by atoms with Crippen molar-refractivity contribution >= 4 is 25.8 Å². The molecule has 0 fully saturated rings. The summed E-state index contributed by atoms with van der Waals surface area (Å²) in [6, 6.07) is 0. The van der Waals surface area contributed by atoms with Crippen molar-refractivity contribution in [3.63, 3.8) is 0 Å². The van der Waals surface area contributed by atoms with E-state index >= 15 is 0 Å². The van der Waals surface area contributed by atoms with Crippen LogP contribution in [0.5, 0.6) is 0 Å². The topological polar surface area (TPSA) is 114 Å². The van der Waals surface area contributed by atoms with Crippen LogP contribution in [0.15, 0.2) is 0 Å². The van der Waals surface area contributed by atoms with Crippen LogP contribution >= 0.6 is 0 Å². The molecule has 7 heavy (non-hydrogen) atoms. The van der Waals surface area contributed by atoms with Crippen LogP contribution < -0.4 is 0 Å². The van der Waals surface area contributed by atoms with E-state index in [1.165, 1.54) is 0 Å². The summed E-state index contributed by atoms with van der Waals surface area (Å²) in [5.41, 5.74) is 0. The van der Waals surface area contributed by atoms with Crippen molar-refractivity contribution in [2.45, 2.75) is 0 Å². The van der Waals surface area contributed by atoms with Gasteiger partial charge in [-0.3, -0.25) is 0 Å². The van der Waals surface area contributed by atoms with E-state index < -0.39 is 0 Å². The summed E-state index contributed by atoms with van der Waals surface area (Å²) < 4.78 is 0. The molecule has 4 nitrogen and oxygen atoms in total. The van der Waals surface area contributed by atoms with Gasteiger partial charge in [-0.05, 0) is 0 Å². The third-order valence-corrected chi connectivity index (χ3v) is 0. The first-order valence-electron chi connectivity index (χ1n) is 0. The zero-order valence-corrected chi connectivity index (χ0v) is 13.4. The molecule has 0 aliphatic rings. The van der Waals surface area contributed by atoms with E-state index in [1.54, 1.807) is 0 Å². The molecule has 0 spiro atoms. The normalized spacial score (nSPS) is 0. The zero-order chi connectivity index (χ0) is 0. The summed E-state index contributed by atoms with van der Waals surface area (Å²) >= 11 is 0. The van der Waals surface area contributed by atoms with Crippen LogP contribution in [0, 0.1) is 35.6 Å². The molecule has 0 atom stereocenters. The van der Waals surface area contributed by atoms with Crippen LogP contribution in [-0.4, -0.2) is 25.8 Å². The van der Waals surface area contributed by atoms with E-state index in [-0.39, 0.29) is 103 Å². The van der Waals surface area contributed by atoms with Gasteiger partial charge in [-0.1, -0.05) is 0 Å². The summed E-state index contributed by atoms with van der Waals surface area (Å²) in [7, 11) is 0. The van der Waals surface area contributed by atoms with Crippen LogP contribution in [0.25, 0.3) is 0 Å². The molecular formula is InLaO4Zn. The Labute approximate surface area is 101 Å². The smallest absolute Gasteiger partial charge is 2.00 e. The molecule has 0 aromatic rings. The molecular weight excluding hydrogens is 383 g/mol. The number of rotatable bonds is 0. The van der Waals surface area contributed by atoms with Crippen molar-refractivity contribution in [3.8, 4) is 0 Å². The minimum Gasteiger partial charge on any atom is -2.00 e. The van der Waals surface area contributed by atoms with Gasteiger partial charge >= 0.3 is 80.9 Å². The molecule has 0 heterocycles. The van der Waals surface area contributed by atoms with Crippen molar-refractivity contribution in [1.29, 1.82) is 0 Å². The average molecular weight is 383 g/mol. The van der Waals surface area contributed by atoms with E-state index in [0.29, 0.717) is 0 Å². The molecule has 0 aromatic carbocycles. The molecule has 7 heteroatoms. The van der Waals surface area contributed by atoms with Gasteiger partial charge in [0.15, 0.2) is 0 Å². The first-order valence-corrected chi connectivity index (χ1v) is 0. The van der Waals surface area contributed by atoms with E-state index in [2.05, 4.69) is 0 Å². The predicted molar refractivity (Wildman–Crippen MR) is 8.50 cm³/mol. The molecule has 0 aliphatic heterocycles. The second-order valence-corrected chi connectivity index (χ2v) is 0. The van der Waals surface area contributed by atoms with Crippen LogP contribution in [0.3, 0.4) is 0 Å². The van der Waals surface area contributed by atoms with Crippen molar-refractivity contribution in [1.82, 2.24) is 0 Å². The maximum absolute atomic E-state index is 0. The summed E-state index contributed by atoms with van der Waals surface area (Å²) in [4.78, 5) is 0. The standard InChI is InChI=1S/In.La.4O.Zn/q2*+3;4*-2;+2. The fourth-order valence-corrected chi connectivity index (χ4v) is 0. The van der Waals surface area contributed by atoms with Gasteiger partial charge in [0.2, 0.25) is 0 Å². The van der Waals surface area contributed by atoms with Gasteiger partial charge in [-0.15, -0.1) is 0 Å². The monoisotopic (exact) mass is 382 g/mol. The van der Waals surface area contributed by atoms with Crippen LogP contribution in [0.2, 0.25) is 0 Å². The Balaban J connectivity index is 0. The van der Waals surface area contributed by atoms with E-state index in [4.69, 9.17) is 0 Å². The molecule has 0 saturated carbocycles. The average Bonchev–Trinajstić information content (AvgIpc) is 0. The Morgan fingerprint density at radius 1 is 0.571 bits per heavy atom. The maximum atomic E-state index is 0. The van der Waals surface area contributed by atoms with Crippen molar-refractivity contribution in [2.75, 3.05) is 0 Å². The van der Waals surface area contributed by atoms with E-state index in [9.17, 15) is 0 Å². The molecule has 0 aliphatic carbocycles. The van der Waals surface area contributed by atoms with E-state index in [0.717, 1.165) is 0 Å². The molecule has 0 aromatic heterocycles. The van der Waals surface area contributed by atoms with Crippen molar-refractivity contribution in [2.24, 2.45) is 0 Å². The van der Waals surface area contributed by atoms with Crippen LogP contribution in [0.4, 0.5) is 0 Å². The van der Waals surface area contributed by atoms with Crippen LogP contribution in [0.1, 0.15) is 0 Å². The number of hydrogen-bond donors (Lipinski definition) is 0. The molecule has 0 bridgehead atoms. The third kappa shape index (κ3) is 56.9. The molecule has 0 radical (unpaired) electrons. The minimum atomic E-state index is 0. The largest absolute Gasteiger partial charge is 3.00 e. The van der Waals surface area contributed by atoms with Gasteiger partial charge in [-0.2, -0.15) is 0 Å². The fourth-order valence-electron chi connectivity index (χ4n) is 0. The van der Waals surface area contributed by atoms with Crippen LogP contribution in [-0.2, 0) is 41.4 Å². The Hall–Kier alpha value is 2.53. The van der Waals surface area contributed by atoms with Gasteiger partial charge in [0.25, 0.3) is 0 Å². The molecule has 0 unspecified atom stereocenters. The Bertz CT molecular complexity index is 11.7. The molecule has 0 rings (SSSR count). The second kappa shape index (κ2) is 75.6. The minimum absolute atomic E-state index is 0. The van der Waals surface area contributed by atoms with Gasteiger partial charge < -0.3 is 21.9 Å².